The van der Waals surface area contributed by atoms with E-state index in [0.29, 0.717) is 35.3 Å². The first-order chi connectivity index (χ1) is 12.6. The molecular weight excluding hydrogens is 326 g/mol. The maximum absolute atomic E-state index is 13.0. The minimum atomic E-state index is -0.167. The molecule has 0 aliphatic carbocycles. The van der Waals surface area contributed by atoms with E-state index in [1.165, 1.54) is 0 Å². The molecule has 3 rings (SSSR count). The summed E-state index contributed by atoms with van der Waals surface area (Å²) in [7, 11) is 0. The number of anilines is 1. The normalized spacial score (nSPS) is 12.2. The predicted octanol–water partition coefficient (Wildman–Crippen LogP) is 4.81. The molecule has 3 aromatic rings. The van der Waals surface area contributed by atoms with E-state index in [-0.39, 0.29) is 5.91 Å². The van der Waals surface area contributed by atoms with Crippen molar-refractivity contribution in [2.24, 2.45) is 0 Å². The molecule has 5 nitrogen and oxygen atoms in total. The number of aryl methyl sites for hydroxylation is 1. The van der Waals surface area contributed by atoms with E-state index in [4.69, 9.17) is 4.74 Å². The summed E-state index contributed by atoms with van der Waals surface area (Å²) in [5.41, 5.74) is 3.86. The quantitative estimate of drug-likeness (QED) is 0.693. The van der Waals surface area contributed by atoms with Crippen LogP contribution in [0.5, 0.6) is 5.75 Å². The van der Waals surface area contributed by atoms with Crippen molar-refractivity contribution in [1.29, 1.82) is 0 Å². The number of rotatable bonds is 6. The number of aromatic nitrogens is 2. The monoisotopic (exact) mass is 351 g/mol. The molecule has 0 saturated heterocycles. The van der Waals surface area contributed by atoms with Gasteiger partial charge in [-0.05, 0) is 49.9 Å². The van der Waals surface area contributed by atoms with Gasteiger partial charge in [0.05, 0.1) is 12.3 Å². The van der Waals surface area contributed by atoms with Crippen LogP contribution in [-0.4, -0.2) is 21.9 Å². The topological polar surface area (TPSA) is 55.6 Å². The average molecular weight is 351 g/mol. The summed E-state index contributed by atoms with van der Waals surface area (Å²) in [6, 6.07) is 11.7. The molecule has 0 aliphatic rings. The zero-order valence-electron chi connectivity index (χ0n) is 15.7. The van der Waals surface area contributed by atoms with Crippen molar-refractivity contribution in [3.05, 3.63) is 59.5 Å². The molecule has 0 aliphatic heterocycles. The van der Waals surface area contributed by atoms with E-state index in [9.17, 15) is 4.79 Å². The van der Waals surface area contributed by atoms with E-state index in [1.807, 2.05) is 50.4 Å². The number of ether oxygens (including phenoxy) is 1. The molecule has 1 N–H and O–H groups in total. The first-order valence-corrected chi connectivity index (χ1v) is 9.07. The highest BCUT2D eigenvalue weighted by molar-refractivity contribution is 6.05. The van der Waals surface area contributed by atoms with Gasteiger partial charge >= 0.3 is 0 Å². The summed E-state index contributed by atoms with van der Waals surface area (Å²) in [5.74, 6) is 0.885. The molecule has 5 heteroatoms. The lowest BCUT2D eigenvalue weighted by atomic mass is 9.97. The summed E-state index contributed by atoms with van der Waals surface area (Å²) < 4.78 is 7.43. The molecule has 1 aromatic carbocycles. The smallest absolute Gasteiger partial charge is 0.274 e. The second-order valence-electron chi connectivity index (χ2n) is 6.40. The zero-order chi connectivity index (χ0) is 18.7. The Labute approximate surface area is 154 Å². The van der Waals surface area contributed by atoms with Crippen LogP contribution in [0.2, 0.25) is 0 Å². The van der Waals surface area contributed by atoms with Gasteiger partial charge in [0, 0.05) is 11.9 Å². The van der Waals surface area contributed by atoms with E-state index in [1.54, 1.807) is 4.40 Å². The molecule has 0 spiro atoms. The Bertz CT molecular complexity index is 930. The fourth-order valence-electron chi connectivity index (χ4n) is 3.14. The number of pyridine rings is 1. The number of hydrogen-bond acceptors (Lipinski definition) is 3. The molecule has 2 heterocycles. The third-order valence-electron chi connectivity index (χ3n) is 4.66. The number of hydrogen-bond donors (Lipinski definition) is 1. The summed E-state index contributed by atoms with van der Waals surface area (Å²) in [6.45, 7) is 8.64. The Morgan fingerprint density at radius 1 is 1.23 bits per heavy atom. The van der Waals surface area contributed by atoms with Crippen molar-refractivity contribution in [1.82, 2.24) is 9.38 Å². The van der Waals surface area contributed by atoms with Gasteiger partial charge in [0.2, 0.25) is 0 Å². The number of imidazole rings is 1. The van der Waals surface area contributed by atoms with Crippen LogP contribution >= 0.6 is 0 Å². The minimum absolute atomic E-state index is 0.167. The van der Waals surface area contributed by atoms with Gasteiger partial charge in [-0.2, -0.15) is 0 Å². The van der Waals surface area contributed by atoms with Crippen LogP contribution in [0.25, 0.3) is 5.65 Å². The molecular formula is C21H25N3O2. The van der Waals surface area contributed by atoms with Crippen molar-refractivity contribution in [3.8, 4) is 5.75 Å². The first-order valence-electron chi connectivity index (χ1n) is 9.07. The molecule has 1 atom stereocenters. The molecule has 1 amide bonds. The van der Waals surface area contributed by atoms with Gasteiger partial charge < -0.3 is 10.1 Å². The number of nitrogens with one attached hydrogen (secondary N) is 1. The predicted molar refractivity (Wildman–Crippen MR) is 104 cm³/mol. The van der Waals surface area contributed by atoms with Crippen LogP contribution in [0.3, 0.4) is 0 Å². The first kappa shape index (κ1) is 18.0. The Balaban J connectivity index is 1.99. The van der Waals surface area contributed by atoms with Gasteiger partial charge in [-0.15, -0.1) is 0 Å². The second-order valence-corrected chi connectivity index (χ2v) is 6.40. The highest BCUT2D eigenvalue weighted by Gasteiger charge is 2.20. The number of carbonyl (C=O) groups is 1. The fourth-order valence-corrected chi connectivity index (χ4v) is 3.14. The lowest BCUT2D eigenvalue weighted by molar-refractivity contribution is 0.102. The van der Waals surface area contributed by atoms with Gasteiger partial charge in [-0.3, -0.25) is 9.20 Å². The third-order valence-corrected chi connectivity index (χ3v) is 4.66. The van der Waals surface area contributed by atoms with Crippen LogP contribution < -0.4 is 10.1 Å². The standard InChI is InChI=1S/C21H25N3O2/c1-5-14(3)16-10-7-8-11-17(16)23-21(25)19-15(4)22-20-18(26-6-2)12-9-13-24(19)20/h7-14H,5-6H2,1-4H3,(H,23,25). The van der Waals surface area contributed by atoms with Crippen molar-refractivity contribution >= 4 is 17.2 Å². The van der Waals surface area contributed by atoms with E-state index < -0.39 is 0 Å². The molecule has 0 bridgehead atoms. The Kier molecular flexibility index (Phi) is 5.26. The number of fused-ring (bicyclic) bond motifs is 1. The second kappa shape index (κ2) is 7.60. The Hall–Kier alpha value is -2.82. The fraction of sp³-hybridized carbons (Fsp3) is 0.333. The minimum Gasteiger partial charge on any atom is -0.490 e. The van der Waals surface area contributed by atoms with Crippen LogP contribution in [-0.2, 0) is 0 Å². The van der Waals surface area contributed by atoms with E-state index in [0.717, 1.165) is 17.7 Å². The summed E-state index contributed by atoms with van der Waals surface area (Å²) in [6.07, 6.45) is 2.85. The highest BCUT2D eigenvalue weighted by Crippen LogP contribution is 2.28. The van der Waals surface area contributed by atoms with Crippen LogP contribution in [0, 0.1) is 6.92 Å². The van der Waals surface area contributed by atoms with Gasteiger partial charge in [-0.1, -0.05) is 32.0 Å². The number of benzene rings is 1. The summed E-state index contributed by atoms with van der Waals surface area (Å²) >= 11 is 0. The largest absolute Gasteiger partial charge is 0.490 e. The SMILES string of the molecule is CCOc1cccn2c(C(=O)Nc3ccccc3C(C)CC)c(C)nc12. The zero-order valence-corrected chi connectivity index (χ0v) is 15.7. The maximum atomic E-state index is 13.0. The van der Waals surface area contributed by atoms with Crippen molar-refractivity contribution in [2.45, 2.75) is 40.0 Å². The van der Waals surface area contributed by atoms with Gasteiger partial charge in [-0.25, -0.2) is 4.98 Å². The van der Waals surface area contributed by atoms with Crippen LogP contribution in [0.1, 0.15) is 54.9 Å². The summed E-state index contributed by atoms with van der Waals surface area (Å²) in [4.78, 5) is 17.6. The highest BCUT2D eigenvalue weighted by atomic mass is 16.5. The van der Waals surface area contributed by atoms with E-state index >= 15 is 0 Å². The Morgan fingerprint density at radius 2 is 2.00 bits per heavy atom. The van der Waals surface area contributed by atoms with E-state index in [2.05, 4.69) is 30.2 Å². The lowest BCUT2D eigenvalue weighted by Gasteiger charge is -2.15. The van der Waals surface area contributed by atoms with Crippen molar-refractivity contribution in [2.75, 3.05) is 11.9 Å². The van der Waals surface area contributed by atoms with Crippen LogP contribution in [0.15, 0.2) is 42.6 Å². The molecule has 26 heavy (non-hydrogen) atoms. The third kappa shape index (κ3) is 3.29. The van der Waals surface area contributed by atoms with Gasteiger partial charge in [0.1, 0.15) is 5.69 Å². The molecule has 2 aromatic heterocycles. The number of carbonyl (C=O) groups excluding carboxylic acids is 1. The number of nitrogens with zero attached hydrogens (tertiary/aromatic N) is 2. The van der Waals surface area contributed by atoms with Gasteiger partial charge in [0.15, 0.2) is 11.4 Å². The van der Waals surface area contributed by atoms with Crippen molar-refractivity contribution in [3.63, 3.8) is 0 Å². The Morgan fingerprint density at radius 3 is 2.73 bits per heavy atom. The number of amides is 1. The molecule has 0 fully saturated rings. The molecule has 1 unspecified atom stereocenters. The van der Waals surface area contributed by atoms with Crippen molar-refractivity contribution < 1.29 is 9.53 Å². The lowest BCUT2D eigenvalue weighted by Crippen LogP contribution is -2.17. The molecule has 0 saturated carbocycles. The maximum Gasteiger partial charge on any atom is 0.274 e. The molecule has 136 valence electrons. The molecule has 0 radical (unpaired) electrons. The summed E-state index contributed by atoms with van der Waals surface area (Å²) in [5, 5.41) is 3.07. The average Bonchev–Trinajstić information content (AvgIpc) is 2.98. The van der Waals surface area contributed by atoms with Gasteiger partial charge in [0.25, 0.3) is 5.91 Å². The number of para-hydroxylation sites is 1. The van der Waals surface area contributed by atoms with Crippen LogP contribution in [0.4, 0.5) is 5.69 Å².